The Bertz CT molecular complexity index is 13.5. The van der Waals surface area contributed by atoms with Gasteiger partial charge in [0, 0.05) is 17.1 Å². The zero-order valence-corrected chi connectivity index (χ0v) is 6.21. The Kier molecular flexibility index (Phi) is 101. The third-order valence-electron chi connectivity index (χ3n) is 0. The van der Waals surface area contributed by atoms with Crippen molar-refractivity contribution >= 4 is 39.3 Å². The van der Waals surface area contributed by atoms with Gasteiger partial charge in [-0.1, -0.05) is 0 Å². The Balaban J connectivity index is -0.000000000833. The predicted molar refractivity (Wildman–Crippen MR) is 15.8 cm³/mol. The van der Waals surface area contributed by atoms with Crippen molar-refractivity contribution in [1.29, 1.82) is 0 Å². The summed E-state index contributed by atoms with van der Waals surface area (Å²) in [6.07, 6.45) is 0. The van der Waals surface area contributed by atoms with E-state index in [1.165, 1.54) is 0 Å². The van der Waals surface area contributed by atoms with Gasteiger partial charge in [-0.2, -0.15) is 0 Å². The topological polar surface area (TPSA) is 17.1 Å². The van der Waals surface area contributed by atoms with E-state index in [2.05, 4.69) is 0 Å². The van der Waals surface area contributed by atoms with Crippen LogP contribution in [0.2, 0.25) is 0 Å². The van der Waals surface area contributed by atoms with E-state index in [-0.39, 0.29) is 43.0 Å². The fourth-order valence-electron chi connectivity index (χ4n) is 0. The second-order valence-corrected chi connectivity index (χ2v) is 0. The third-order valence-corrected chi connectivity index (χ3v) is 0. The zero-order chi connectivity index (χ0) is 2.00. The molecule has 0 saturated heterocycles. The zero-order valence-electron chi connectivity index (χ0n) is 4.20. The van der Waals surface area contributed by atoms with E-state index < -0.39 is 0 Å². The molecule has 0 aliphatic rings. The summed E-state index contributed by atoms with van der Waals surface area (Å²) in [5, 5.41) is 0. The van der Waals surface area contributed by atoms with Gasteiger partial charge < -0.3 is 2.85 Å². The van der Waals surface area contributed by atoms with Crippen LogP contribution in [0.3, 0.4) is 0 Å². The Hall–Kier alpha value is 1.62. The summed E-state index contributed by atoms with van der Waals surface area (Å²) < 4.78 is 8.28. The Morgan fingerprint density at radius 2 is 1.50 bits per heavy atom. The first-order valence-corrected chi connectivity index (χ1v) is 0.866. The summed E-state index contributed by atoms with van der Waals surface area (Å²) in [4.78, 5) is 0. The van der Waals surface area contributed by atoms with Crippen LogP contribution in [0.1, 0.15) is 2.85 Å². The monoisotopic (exact) mass is 125 g/mol. The molecule has 4 heteroatoms. The maximum atomic E-state index is 8.28. The van der Waals surface area contributed by atoms with Gasteiger partial charge in [0.1, 0.15) is 0 Å². The van der Waals surface area contributed by atoms with Crippen molar-refractivity contribution in [2.45, 2.75) is 0 Å². The molecule has 1 nitrogen and oxygen atoms in total. The Morgan fingerprint density at radius 3 is 1.50 bits per heavy atom. The Labute approximate surface area is 62.7 Å². The average molecular weight is 125 g/mol. The van der Waals surface area contributed by atoms with Gasteiger partial charge in [-0.25, -0.2) is 0 Å². The van der Waals surface area contributed by atoms with E-state index in [1.54, 1.807) is 0 Å². The summed E-state index contributed by atoms with van der Waals surface area (Å²) in [6, 6.07) is 0. The van der Waals surface area contributed by atoms with Crippen LogP contribution >= 0.6 is 0 Å². The van der Waals surface area contributed by atoms with Crippen molar-refractivity contribution in [3.05, 3.63) is 0 Å². The van der Waals surface area contributed by atoms with Gasteiger partial charge in [-0.05, 0) is 0 Å². The first kappa shape index (κ1) is 17.5. The molecule has 0 spiro atoms. The first-order valence-electron chi connectivity index (χ1n) is 0.289. The number of rotatable bonds is 0. The van der Waals surface area contributed by atoms with Crippen LogP contribution in [-0.2, 0) is 20.9 Å². The fourth-order valence-corrected chi connectivity index (χ4v) is 0. The van der Waals surface area contributed by atoms with Crippen LogP contribution in [0.25, 0.3) is 0 Å². The molecular weight excluding hydrogens is 122 g/mol. The summed E-state index contributed by atoms with van der Waals surface area (Å²) >= 11 is 0.611. The molecule has 0 rings (SSSR count). The number of hydrogen-bond acceptors (Lipinski definition) is 1. The maximum absolute atomic E-state index is 8.28. The van der Waals surface area contributed by atoms with Gasteiger partial charge in [0.05, 0.1) is 0 Å². The van der Waals surface area contributed by atoms with E-state index in [1.807, 2.05) is 0 Å². The molecule has 4 heavy (non-hydrogen) atoms. The quantitative estimate of drug-likeness (QED) is 0.382. The van der Waals surface area contributed by atoms with E-state index in [4.69, 9.17) is 3.80 Å². The van der Waals surface area contributed by atoms with Crippen LogP contribution in [0.5, 0.6) is 0 Å². The van der Waals surface area contributed by atoms with Crippen molar-refractivity contribution in [3.8, 4) is 0 Å². The normalized spacial score (nSPS) is 0.750. The molecule has 1 radical (unpaired) electrons. The van der Waals surface area contributed by atoms with Crippen LogP contribution in [0.4, 0.5) is 0 Å². The molecule has 21 valence electrons. The molecule has 0 unspecified atom stereocenters. The molecule has 0 aliphatic heterocycles. The summed E-state index contributed by atoms with van der Waals surface area (Å²) in [6.45, 7) is 0. The van der Waals surface area contributed by atoms with Gasteiger partial charge in [0.2, 0.25) is 0 Å². The summed E-state index contributed by atoms with van der Waals surface area (Å²) in [5.74, 6) is 0. The van der Waals surface area contributed by atoms with Crippen LogP contribution in [-0.4, -0.2) is 39.3 Å². The van der Waals surface area contributed by atoms with Crippen molar-refractivity contribution in [1.82, 2.24) is 0 Å². The van der Waals surface area contributed by atoms with E-state index in [9.17, 15) is 0 Å². The van der Waals surface area contributed by atoms with Crippen molar-refractivity contribution < 1.29 is 23.7 Å². The molecule has 0 atom stereocenters. The molecular formula is H3AlMgMnO. The standard InChI is InChI=1S/Al.Mg.Mn.O.3H/q;+2;;;;2*-1. The summed E-state index contributed by atoms with van der Waals surface area (Å²) in [7, 11) is 0. The van der Waals surface area contributed by atoms with Crippen molar-refractivity contribution in [2.75, 3.05) is 0 Å². The predicted octanol–water partition coefficient (Wildman–Crippen LogP) is -0.926. The number of hydrogen-bond donors (Lipinski definition) is 0. The molecule has 0 aliphatic carbocycles. The molecule has 0 saturated carbocycles. The van der Waals surface area contributed by atoms with Gasteiger partial charge in [0.25, 0.3) is 0 Å². The fraction of sp³-hybridized carbons (Fsp3) is 0. The minimum atomic E-state index is 0. The second kappa shape index (κ2) is 23.1. The van der Waals surface area contributed by atoms with E-state index in [0.717, 1.165) is 0 Å². The molecule has 0 N–H and O–H groups in total. The van der Waals surface area contributed by atoms with E-state index in [0.29, 0.717) is 16.2 Å². The molecule has 0 amide bonds. The molecule has 0 aromatic rings. The molecule has 0 heterocycles. The van der Waals surface area contributed by atoms with Crippen molar-refractivity contribution in [3.63, 3.8) is 0 Å². The van der Waals surface area contributed by atoms with Crippen LogP contribution in [0, 0.1) is 0 Å². The van der Waals surface area contributed by atoms with Gasteiger partial charge in [0.15, 0.2) is 0 Å². The van der Waals surface area contributed by atoms with Crippen molar-refractivity contribution in [2.24, 2.45) is 0 Å². The van der Waals surface area contributed by atoms with Gasteiger partial charge in [-0.3, -0.25) is 0 Å². The minimum absolute atomic E-state index is 0. The average Bonchev–Trinajstić information content (AvgIpc) is 1.00. The second-order valence-electron chi connectivity index (χ2n) is 0. The first-order chi connectivity index (χ1) is 1.00. The van der Waals surface area contributed by atoms with Gasteiger partial charge in [-0.15, -0.1) is 0 Å². The SMILES string of the molecule is [H-].[H-].[Mg+2].[Mn].[O]=[AlH]. The molecule has 0 bridgehead atoms. The third kappa shape index (κ3) is 9.47. The van der Waals surface area contributed by atoms with Crippen LogP contribution < -0.4 is 0 Å². The summed E-state index contributed by atoms with van der Waals surface area (Å²) in [5.41, 5.74) is 0. The van der Waals surface area contributed by atoms with Gasteiger partial charge >= 0.3 is 43.1 Å². The Morgan fingerprint density at radius 1 is 1.50 bits per heavy atom. The van der Waals surface area contributed by atoms with E-state index >= 15 is 0 Å². The van der Waals surface area contributed by atoms with Crippen LogP contribution in [0.15, 0.2) is 0 Å². The molecule has 0 fully saturated rings. The molecule has 0 aromatic carbocycles. The molecule has 0 aromatic heterocycles.